The molecule has 4 atom stereocenters. The van der Waals surface area contributed by atoms with Crippen molar-refractivity contribution < 1.29 is 23.9 Å². The standard InChI is InChI=1S/C35H28N2O5/c1-41-24-17-14-22(15-18-24)32(38)30-31(33(39)23-9-7-10-25(20-23)42-2)37-28-13-6-3-8-21(28)16-19-29(37)35(30)26-11-4-5-12-27(26)36-34(35)40/h3-20,29-31H,1-2H3,(H,36,40)/t29-,30+,31-,35+/m1/s1. The van der Waals surface area contributed by atoms with E-state index in [2.05, 4.69) is 5.32 Å². The van der Waals surface area contributed by atoms with Gasteiger partial charge in [0, 0.05) is 22.5 Å². The summed E-state index contributed by atoms with van der Waals surface area (Å²) < 4.78 is 10.8. The summed E-state index contributed by atoms with van der Waals surface area (Å²) in [5.74, 6) is -0.749. The molecule has 1 spiro atoms. The first-order chi connectivity index (χ1) is 20.5. The molecule has 4 aromatic carbocycles. The molecule has 1 N–H and O–H groups in total. The number of ketones is 2. The summed E-state index contributed by atoms with van der Waals surface area (Å²) in [6, 6.07) is 27.4. The lowest BCUT2D eigenvalue weighted by molar-refractivity contribution is -0.121. The van der Waals surface area contributed by atoms with Gasteiger partial charge in [0.05, 0.1) is 26.2 Å². The summed E-state index contributed by atoms with van der Waals surface area (Å²) in [4.78, 5) is 46.0. The number of ether oxygens (including phenoxy) is 2. The highest BCUT2D eigenvalue weighted by Crippen LogP contribution is 2.58. The van der Waals surface area contributed by atoms with E-state index in [9.17, 15) is 14.4 Å². The van der Waals surface area contributed by atoms with Crippen LogP contribution in [0.25, 0.3) is 6.08 Å². The van der Waals surface area contributed by atoms with Gasteiger partial charge in [0.1, 0.15) is 23.0 Å². The summed E-state index contributed by atoms with van der Waals surface area (Å²) in [6.07, 6.45) is 3.96. The number of anilines is 2. The number of carbonyl (C=O) groups excluding carboxylic acids is 3. The van der Waals surface area contributed by atoms with Crippen molar-refractivity contribution >= 4 is 34.9 Å². The number of fused-ring (bicyclic) bond motifs is 6. The van der Waals surface area contributed by atoms with Crippen molar-refractivity contribution in [3.05, 3.63) is 125 Å². The van der Waals surface area contributed by atoms with E-state index in [0.717, 1.165) is 11.3 Å². The predicted molar refractivity (Wildman–Crippen MR) is 160 cm³/mol. The normalized spacial score (nSPS) is 23.1. The topological polar surface area (TPSA) is 84.9 Å². The lowest BCUT2D eigenvalue weighted by Gasteiger charge is -2.37. The summed E-state index contributed by atoms with van der Waals surface area (Å²) in [5, 5.41) is 3.06. The van der Waals surface area contributed by atoms with Gasteiger partial charge >= 0.3 is 0 Å². The van der Waals surface area contributed by atoms with Gasteiger partial charge in [-0.25, -0.2) is 0 Å². The fraction of sp³-hybridized carbons (Fsp3) is 0.171. The number of Topliss-reactive ketones (excluding diaryl/α,β-unsaturated/α-hetero) is 2. The predicted octanol–water partition coefficient (Wildman–Crippen LogP) is 5.56. The van der Waals surface area contributed by atoms with Crippen molar-refractivity contribution in [3.8, 4) is 11.5 Å². The van der Waals surface area contributed by atoms with Crippen LogP contribution in [0.1, 0.15) is 31.8 Å². The Balaban J connectivity index is 1.52. The van der Waals surface area contributed by atoms with Crippen molar-refractivity contribution in [1.29, 1.82) is 0 Å². The van der Waals surface area contributed by atoms with Crippen LogP contribution in [0.15, 0.2) is 103 Å². The van der Waals surface area contributed by atoms with Gasteiger partial charge in [-0.15, -0.1) is 0 Å². The number of nitrogens with zero attached hydrogens (tertiary/aromatic N) is 1. The second-order valence-electron chi connectivity index (χ2n) is 10.8. The lowest BCUT2D eigenvalue weighted by atomic mass is 9.64. The maximum Gasteiger partial charge on any atom is 0.238 e. The Kier molecular flexibility index (Phi) is 5.97. The highest BCUT2D eigenvalue weighted by atomic mass is 16.5. The van der Waals surface area contributed by atoms with Crippen LogP contribution in [0.4, 0.5) is 11.4 Å². The fourth-order valence-corrected chi connectivity index (χ4v) is 7.00. The van der Waals surface area contributed by atoms with Crippen LogP contribution < -0.4 is 19.7 Å². The molecule has 7 nitrogen and oxygen atoms in total. The van der Waals surface area contributed by atoms with Crippen LogP contribution in [-0.4, -0.2) is 43.8 Å². The Morgan fingerprint density at radius 2 is 1.52 bits per heavy atom. The quantitative estimate of drug-likeness (QED) is 0.313. The third-order valence-corrected chi connectivity index (χ3v) is 8.82. The maximum atomic E-state index is 14.8. The van der Waals surface area contributed by atoms with E-state index in [-0.39, 0.29) is 17.5 Å². The molecule has 3 heterocycles. The molecule has 208 valence electrons. The number of carbonyl (C=O) groups is 3. The van der Waals surface area contributed by atoms with Gasteiger partial charge in [-0.2, -0.15) is 0 Å². The SMILES string of the molecule is COc1ccc(C(=O)[C@@H]2[C@H](C(=O)c3cccc(OC)c3)N3c4ccccc4C=C[C@@H]3[C@]23C(=O)Nc2ccccc23)cc1. The van der Waals surface area contributed by atoms with E-state index in [4.69, 9.17) is 9.47 Å². The highest BCUT2D eigenvalue weighted by Gasteiger charge is 2.70. The van der Waals surface area contributed by atoms with E-state index in [1.807, 2.05) is 65.6 Å². The summed E-state index contributed by atoms with van der Waals surface area (Å²) in [6.45, 7) is 0. The van der Waals surface area contributed by atoms with Crippen LogP contribution in [-0.2, 0) is 10.2 Å². The van der Waals surface area contributed by atoms with E-state index < -0.39 is 23.4 Å². The molecule has 3 aliphatic heterocycles. The molecule has 7 rings (SSSR count). The van der Waals surface area contributed by atoms with Crippen molar-refractivity contribution in [3.63, 3.8) is 0 Å². The minimum absolute atomic E-state index is 0.259. The Morgan fingerprint density at radius 3 is 2.31 bits per heavy atom. The number of methoxy groups -OCH3 is 2. The van der Waals surface area contributed by atoms with E-state index in [1.54, 1.807) is 62.8 Å². The molecule has 1 fully saturated rings. The Bertz CT molecular complexity index is 1780. The minimum atomic E-state index is -1.36. The van der Waals surface area contributed by atoms with Crippen molar-refractivity contribution in [2.45, 2.75) is 17.5 Å². The third kappa shape index (κ3) is 3.56. The molecule has 0 saturated carbocycles. The lowest BCUT2D eigenvalue weighted by Crippen LogP contribution is -2.51. The molecule has 42 heavy (non-hydrogen) atoms. The third-order valence-electron chi connectivity index (χ3n) is 8.82. The molecule has 7 heteroatoms. The van der Waals surface area contributed by atoms with Gasteiger partial charge in [-0.05, 0) is 59.7 Å². The van der Waals surface area contributed by atoms with Crippen molar-refractivity contribution in [2.75, 3.05) is 24.4 Å². The average Bonchev–Trinajstić information content (AvgIpc) is 3.52. The van der Waals surface area contributed by atoms with Crippen LogP contribution in [0.3, 0.4) is 0 Å². The molecule has 0 aromatic heterocycles. The minimum Gasteiger partial charge on any atom is -0.497 e. The molecule has 1 saturated heterocycles. The summed E-state index contributed by atoms with van der Waals surface area (Å²) >= 11 is 0. The van der Waals surface area contributed by atoms with Gasteiger partial charge in [0.25, 0.3) is 0 Å². The van der Waals surface area contributed by atoms with Gasteiger partial charge in [0.15, 0.2) is 11.6 Å². The van der Waals surface area contributed by atoms with Crippen molar-refractivity contribution in [2.24, 2.45) is 5.92 Å². The van der Waals surface area contributed by atoms with Crippen molar-refractivity contribution in [1.82, 2.24) is 0 Å². The van der Waals surface area contributed by atoms with Crippen LogP contribution in [0.5, 0.6) is 11.5 Å². The highest BCUT2D eigenvalue weighted by molar-refractivity contribution is 6.18. The zero-order valence-electron chi connectivity index (χ0n) is 23.1. The average molecular weight is 557 g/mol. The zero-order valence-corrected chi connectivity index (χ0v) is 23.1. The Hall–Kier alpha value is -5.17. The van der Waals surface area contributed by atoms with E-state index in [1.165, 1.54) is 0 Å². The Morgan fingerprint density at radius 1 is 0.786 bits per heavy atom. The molecule has 3 aliphatic rings. The van der Waals surface area contributed by atoms with Gasteiger partial charge in [-0.3, -0.25) is 14.4 Å². The molecular weight excluding hydrogens is 528 g/mol. The summed E-state index contributed by atoms with van der Waals surface area (Å²) in [7, 11) is 3.11. The molecule has 1 amide bonds. The van der Waals surface area contributed by atoms with Crippen LogP contribution >= 0.6 is 0 Å². The largest absolute Gasteiger partial charge is 0.497 e. The zero-order chi connectivity index (χ0) is 29.0. The molecule has 4 aromatic rings. The van der Waals surface area contributed by atoms with Gasteiger partial charge in [-0.1, -0.05) is 60.7 Å². The maximum absolute atomic E-state index is 14.8. The smallest absolute Gasteiger partial charge is 0.238 e. The second-order valence-corrected chi connectivity index (χ2v) is 10.8. The number of hydrogen-bond acceptors (Lipinski definition) is 6. The van der Waals surface area contributed by atoms with Gasteiger partial charge in [0.2, 0.25) is 5.91 Å². The van der Waals surface area contributed by atoms with E-state index >= 15 is 0 Å². The number of benzene rings is 4. The number of hydrogen-bond donors (Lipinski definition) is 1. The van der Waals surface area contributed by atoms with Gasteiger partial charge < -0.3 is 19.7 Å². The first kappa shape index (κ1) is 25.8. The molecule has 0 unspecified atom stereocenters. The second kappa shape index (κ2) is 9.73. The summed E-state index contributed by atoms with van der Waals surface area (Å²) in [5.41, 5.74) is 2.51. The number of rotatable bonds is 6. The van der Waals surface area contributed by atoms with Crippen LogP contribution in [0.2, 0.25) is 0 Å². The molecular formula is C35H28N2O5. The molecule has 0 radical (unpaired) electrons. The van der Waals surface area contributed by atoms with E-state index in [0.29, 0.717) is 33.9 Å². The first-order valence-electron chi connectivity index (χ1n) is 13.8. The molecule has 0 aliphatic carbocycles. The number of para-hydroxylation sites is 2. The molecule has 0 bridgehead atoms. The number of nitrogens with one attached hydrogen (secondary N) is 1. The monoisotopic (exact) mass is 556 g/mol. The Labute approximate surface area is 243 Å². The van der Waals surface area contributed by atoms with Crippen LogP contribution in [0, 0.1) is 5.92 Å². The first-order valence-corrected chi connectivity index (χ1v) is 13.8. The fourth-order valence-electron chi connectivity index (χ4n) is 7.00. The number of amides is 1.